The number of Topliss-reactive ketones (excluding diaryl/α,β-unsaturated/α-hetero) is 1. The molecular formula is C10H9NO4S. The van der Waals surface area contributed by atoms with Crippen LogP contribution < -0.4 is 0 Å². The van der Waals surface area contributed by atoms with Crippen LogP contribution in [0.1, 0.15) is 10.4 Å². The van der Waals surface area contributed by atoms with Gasteiger partial charge in [0.2, 0.25) is 5.78 Å². The molecule has 0 amide bonds. The molecule has 0 radical (unpaired) electrons. The number of carbonyl (C=O) groups excluding carboxylic acids is 1. The van der Waals surface area contributed by atoms with Gasteiger partial charge in [-0.1, -0.05) is 12.1 Å². The maximum absolute atomic E-state index is 11.9. The molecule has 6 heteroatoms. The van der Waals surface area contributed by atoms with Crippen LogP contribution in [0.2, 0.25) is 0 Å². The van der Waals surface area contributed by atoms with E-state index in [1.165, 1.54) is 19.2 Å². The van der Waals surface area contributed by atoms with Crippen LogP contribution in [0.15, 0.2) is 41.1 Å². The second kappa shape index (κ2) is 3.34. The Kier molecular flexibility index (Phi) is 2.23. The molecule has 1 heterocycles. The first-order valence-electron chi connectivity index (χ1n) is 4.47. The first-order valence-corrected chi connectivity index (χ1v) is 5.91. The van der Waals surface area contributed by atoms with E-state index in [1.54, 1.807) is 12.1 Å². The normalized spacial score (nSPS) is 20.9. The fourth-order valence-electron chi connectivity index (χ4n) is 1.58. The van der Waals surface area contributed by atoms with Gasteiger partial charge in [-0.3, -0.25) is 9.10 Å². The molecule has 0 spiro atoms. The third-order valence-corrected chi connectivity index (χ3v) is 4.29. The van der Waals surface area contributed by atoms with E-state index in [2.05, 4.69) is 0 Å². The molecule has 0 saturated carbocycles. The Bertz CT molecular complexity index is 589. The lowest BCUT2D eigenvalue weighted by molar-refractivity contribution is 0.100. The number of likely N-dealkylation sites (N-methyl/N-ethyl adjacent to an activating group) is 1. The van der Waals surface area contributed by atoms with Gasteiger partial charge in [-0.25, -0.2) is 8.42 Å². The van der Waals surface area contributed by atoms with Crippen LogP contribution in [0.5, 0.6) is 0 Å². The number of aliphatic hydroxyl groups excluding tert-OH is 1. The molecule has 1 aliphatic rings. The third-order valence-electron chi connectivity index (χ3n) is 2.46. The van der Waals surface area contributed by atoms with Crippen molar-refractivity contribution < 1.29 is 18.3 Å². The van der Waals surface area contributed by atoms with Crippen LogP contribution in [-0.2, 0) is 10.0 Å². The van der Waals surface area contributed by atoms with Gasteiger partial charge in [-0.2, -0.15) is 0 Å². The third kappa shape index (κ3) is 1.23. The fourth-order valence-corrected chi connectivity index (χ4v) is 2.95. The summed E-state index contributed by atoms with van der Waals surface area (Å²) in [7, 11) is -2.50. The molecular weight excluding hydrogens is 230 g/mol. The molecule has 84 valence electrons. The lowest BCUT2D eigenvalue weighted by Gasteiger charge is -2.26. The van der Waals surface area contributed by atoms with Crippen molar-refractivity contribution in [1.82, 2.24) is 4.31 Å². The van der Waals surface area contributed by atoms with Crippen LogP contribution in [-0.4, -0.2) is 30.7 Å². The second-order valence-electron chi connectivity index (χ2n) is 3.31. The summed E-state index contributed by atoms with van der Waals surface area (Å²) in [5, 5.41) is 8.90. The zero-order valence-electron chi connectivity index (χ0n) is 8.41. The Morgan fingerprint density at radius 1 is 1.31 bits per heavy atom. The van der Waals surface area contributed by atoms with E-state index in [4.69, 9.17) is 5.11 Å². The smallest absolute Gasteiger partial charge is 0.265 e. The Labute approximate surface area is 92.7 Å². The summed E-state index contributed by atoms with van der Waals surface area (Å²) in [6.45, 7) is 0. The Morgan fingerprint density at radius 2 is 1.94 bits per heavy atom. The molecule has 1 aromatic rings. The minimum absolute atomic E-state index is 0.0342. The van der Waals surface area contributed by atoms with Crippen LogP contribution >= 0.6 is 0 Å². The highest BCUT2D eigenvalue weighted by Crippen LogP contribution is 2.30. The molecule has 0 aliphatic carbocycles. The fraction of sp³-hybridized carbons (Fsp3) is 0.100. The van der Waals surface area contributed by atoms with E-state index in [-0.39, 0.29) is 16.2 Å². The first-order chi connectivity index (χ1) is 7.50. The van der Waals surface area contributed by atoms with Crippen molar-refractivity contribution in [2.75, 3.05) is 7.05 Å². The Hall–Kier alpha value is -1.82. The number of benzene rings is 1. The van der Waals surface area contributed by atoms with Crippen LogP contribution in [0.4, 0.5) is 0 Å². The Morgan fingerprint density at radius 3 is 2.56 bits per heavy atom. The molecule has 0 aromatic heterocycles. The van der Waals surface area contributed by atoms with Gasteiger partial charge in [0.1, 0.15) is 12.0 Å². The molecule has 2 rings (SSSR count). The zero-order chi connectivity index (χ0) is 11.9. The van der Waals surface area contributed by atoms with Crippen molar-refractivity contribution >= 4 is 15.8 Å². The van der Waals surface area contributed by atoms with E-state index in [1.807, 2.05) is 0 Å². The molecule has 5 nitrogen and oxygen atoms in total. The van der Waals surface area contributed by atoms with Crippen molar-refractivity contribution in [3.05, 3.63) is 41.8 Å². The maximum Gasteiger partial charge on any atom is 0.265 e. The highest BCUT2D eigenvalue weighted by molar-refractivity contribution is 7.89. The minimum atomic E-state index is -3.73. The number of fused-ring (bicyclic) bond motifs is 1. The monoisotopic (exact) mass is 239 g/mol. The number of sulfonamides is 1. The number of nitrogens with zero attached hydrogens (tertiary/aromatic N) is 1. The van der Waals surface area contributed by atoms with Gasteiger partial charge in [0.15, 0.2) is 0 Å². The van der Waals surface area contributed by atoms with Crippen molar-refractivity contribution in [2.45, 2.75) is 4.90 Å². The van der Waals surface area contributed by atoms with E-state index >= 15 is 0 Å². The average molecular weight is 239 g/mol. The summed E-state index contributed by atoms with van der Waals surface area (Å²) >= 11 is 0. The second-order valence-corrected chi connectivity index (χ2v) is 5.25. The van der Waals surface area contributed by atoms with Crippen molar-refractivity contribution in [2.24, 2.45) is 0 Å². The van der Waals surface area contributed by atoms with E-state index < -0.39 is 15.8 Å². The molecule has 1 N–H and O–H groups in total. The molecule has 16 heavy (non-hydrogen) atoms. The highest BCUT2D eigenvalue weighted by atomic mass is 32.2. The van der Waals surface area contributed by atoms with Gasteiger partial charge in [0.05, 0.1) is 4.90 Å². The Balaban J connectivity index is 2.83. The van der Waals surface area contributed by atoms with Gasteiger partial charge >= 0.3 is 0 Å². The van der Waals surface area contributed by atoms with Crippen LogP contribution in [0.25, 0.3) is 0 Å². The highest BCUT2D eigenvalue weighted by Gasteiger charge is 2.36. The summed E-state index contributed by atoms with van der Waals surface area (Å²) in [5.74, 6) is -0.504. The summed E-state index contributed by atoms with van der Waals surface area (Å²) < 4.78 is 24.7. The predicted molar refractivity (Wildman–Crippen MR) is 56.4 cm³/mol. The lowest BCUT2D eigenvalue weighted by Crippen LogP contribution is -2.36. The van der Waals surface area contributed by atoms with Gasteiger partial charge in [-0.05, 0) is 12.1 Å². The van der Waals surface area contributed by atoms with Gasteiger partial charge in [0, 0.05) is 12.6 Å². The molecule has 0 saturated heterocycles. The summed E-state index contributed by atoms with van der Waals surface area (Å²) in [6.07, 6.45) is 0.510. The van der Waals surface area contributed by atoms with Crippen LogP contribution in [0.3, 0.4) is 0 Å². The van der Waals surface area contributed by atoms with Gasteiger partial charge in [-0.15, -0.1) is 0 Å². The molecule has 0 fully saturated rings. The summed E-state index contributed by atoms with van der Waals surface area (Å²) in [4.78, 5) is 11.8. The average Bonchev–Trinajstić information content (AvgIpc) is 2.28. The van der Waals surface area contributed by atoms with Gasteiger partial charge < -0.3 is 5.11 Å². The number of allylic oxidation sites excluding steroid dienone is 1. The summed E-state index contributed by atoms with van der Waals surface area (Å²) in [6, 6.07) is 5.91. The largest absolute Gasteiger partial charge is 0.513 e. The lowest BCUT2D eigenvalue weighted by atomic mass is 10.1. The van der Waals surface area contributed by atoms with E-state index in [0.29, 0.717) is 6.26 Å². The van der Waals surface area contributed by atoms with Crippen molar-refractivity contribution in [1.29, 1.82) is 0 Å². The molecule has 0 unspecified atom stereocenters. The topological polar surface area (TPSA) is 74.7 Å². The molecule has 0 atom stereocenters. The minimum Gasteiger partial charge on any atom is -0.513 e. The number of hydrogen-bond donors (Lipinski definition) is 1. The van der Waals surface area contributed by atoms with Gasteiger partial charge in [0.25, 0.3) is 10.0 Å². The molecule has 0 bridgehead atoms. The van der Waals surface area contributed by atoms with Crippen LogP contribution in [0, 0.1) is 0 Å². The number of ketones is 1. The number of carbonyl (C=O) groups is 1. The van der Waals surface area contributed by atoms with Crippen molar-refractivity contribution in [3.63, 3.8) is 0 Å². The number of aliphatic hydroxyl groups is 1. The maximum atomic E-state index is 11.9. The SMILES string of the molecule is CN1/C(=C\O)C(=O)c2ccccc2S1(=O)=O. The first kappa shape index (κ1) is 10.7. The van der Waals surface area contributed by atoms with E-state index in [0.717, 1.165) is 4.31 Å². The predicted octanol–water partition coefficient (Wildman–Crippen LogP) is 0.903. The standard InChI is InChI=1S/C10H9NO4S/c1-11-8(6-12)10(13)7-4-2-3-5-9(7)16(11,14)15/h2-6,12H,1H3/b8-6-. The summed E-state index contributed by atoms with van der Waals surface area (Å²) in [5.41, 5.74) is -0.167. The van der Waals surface area contributed by atoms with E-state index in [9.17, 15) is 13.2 Å². The molecule has 1 aromatic carbocycles. The van der Waals surface area contributed by atoms with Crippen molar-refractivity contribution in [3.8, 4) is 0 Å². The number of rotatable bonds is 0. The molecule has 1 aliphatic heterocycles. The zero-order valence-corrected chi connectivity index (χ0v) is 9.23. The quantitative estimate of drug-likeness (QED) is 0.539. The number of hydrogen-bond acceptors (Lipinski definition) is 4.